The van der Waals surface area contributed by atoms with Gasteiger partial charge in [0.25, 0.3) is 0 Å². The average molecular weight is 459 g/mol. The second-order valence-electron chi connectivity index (χ2n) is 8.36. The number of hydrogen-bond acceptors (Lipinski definition) is 6. The number of hydrogen-bond donors (Lipinski definition) is 0. The van der Waals surface area contributed by atoms with Gasteiger partial charge in [0.2, 0.25) is 0 Å². The molecule has 0 aromatic heterocycles. The molecule has 0 rings (SSSR count). The van der Waals surface area contributed by atoms with Crippen molar-refractivity contribution in [2.45, 2.75) is 123 Å². The van der Waals surface area contributed by atoms with Crippen LogP contribution >= 0.6 is 0 Å². The summed E-state index contributed by atoms with van der Waals surface area (Å²) < 4.78 is 21.4. The smallest absolute Gasteiger partial charge is 0.308 e. The van der Waals surface area contributed by atoms with Crippen LogP contribution in [0.4, 0.5) is 0 Å². The fraction of sp³-hybridized carbons (Fsp3) is 0.923. The van der Waals surface area contributed by atoms with Crippen LogP contribution in [-0.4, -0.2) is 51.1 Å². The number of unbranched alkanes of at least 4 members (excludes halogenated alkanes) is 11. The van der Waals surface area contributed by atoms with E-state index in [2.05, 4.69) is 6.92 Å². The molecular formula is C26H50O6. The van der Waals surface area contributed by atoms with E-state index in [1.54, 1.807) is 13.8 Å². The average Bonchev–Trinajstić information content (AvgIpc) is 2.77. The van der Waals surface area contributed by atoms with Crippen LogP contribution in [-0.2, 0) is 28.5 Å². The molecule has 6 nitrogen and oxygen atoms in total. The second-order valence-corrected chi connectivity index (χ2v) is 8.36. The van der Waals surface area contributed by atoms with Crippen molar-refractivity contribution >= 4 is 11.9 Å². The Morgan fingerprint density at radius 2 is 1.09 bits per heavy atom. The van der Waals surface area contributed by atoms with Gasteiger partial charge in [-0.1, -0.05) is 84.0 Å². The monoisotopic (exact) mass is 458 g/mol. The SMILES string of the molecule is CCCCCCCCCCCCCCC(COCCC(=O)OCC)OCCC(=O)OCC. The van der Waals surface area contributed by atoms with Gasteiger partial charge >= 0.3 is 11.9 Å². The van der Waals surface area contributed by atoms with E-state index in [1.807, 2.05) is 0 Å². The molecule has 190 valence electrons. The summed E-state index contributed by atoms with van der Waals surface area (Å²) in [7, 11) is 0. The molecule has 0 spiro atoms. The van der Waals surface area contributed by atoms with Gasteiger partial charge in [0.1, 0.15) is 0 Å². The van der Waals surface area contributed by atoms with Crippen molar-refractivity contribution in [1.82, 2.24) is 0 Å². The van der Waals surface area contributed by atoms with E-state index in [0.29, 0.717) is 33.0 Å². The number of rotatable bonds is 24. The molecule has 0 amide bonds. The maximum absolute atomic E-state index is 11.5. The number of carbonyl (C=O) groups excluding carboxylic acids is 2. The Labute approximate surface area is 197 Å². The van der Waals surface area contributed by atoms with Gasteiger partial charge in [-0.2, -0.15) is 0 Å². The van der Waals surface area contributed by atoms with Gasteiger partial charge in [0.15, 0.2) is 0 Å². The first-order valence-electron chi connectivity index (χ1n) is 13.1. The van der Waals surface area contributed by atoms with Gasteiger partial charge < -0.3 is 18.9 Å². The maximum Gasteiger partial charge on any atom is 0.308 e. The van der Waals surface area contributed by atoms with Gasteiger partial charge in [-0.05, 0) is 20.3 Å². The quantitative estimate of drug-likeness (QED) is 0.123. The molecular weight excluding hydrogens is 408 g/mol. The Morgan fingerprint density at radius 1 is 0.625 bits per heavy atom. The third-order valence-electron chi connectivity index (χ3n) is 5.40. The Bertz CT molecular complexity index is 427. The van der Waals surface area contributed by atoms with Crippen LogP contribution in [0.15, 0.2) is 0 Å². The van der Waals surface area contributed by atoms with Crippen LogP contribution in [0.5, 0.6) is 0 Å². The third-order valence-corrected chi connectivity index (χ3v) is 5.40. The summed E-state index contributed by atoms with van der Waals surface area (Å²) in [5.74, 6) is -0.479. The molecule has 0 aliphatic rings. The van der Waals surface area contributed by atoms with Crippen molar-refractivity contribution in [3.05, 3.63) is 0 Å². The van der Waals surface area contributed by atoms with Crippen LogP contribution in [0.25, 0.3) is 0 Å². The third kappa shape index (κ3) is 22.1. The molecule has 0 fully saturated rings. The molecule has 1 unspecified atom stereocenters. The Balaban J connectivity index is 3.90. The zero-order valence-electron chi connectivity index (χ0n) is 21.2. The zero-order chi connectivity index (χ0) is 23.7. The second kappa shape index (κ2) is 24.5. The van der Waals surface area contributed by atoms with Crippen LogP contribution in [0.2, 0.25) is 0 Å². The number of carbonyl (C=O) groups is 2. The molecule has 0 N–H and O–H groups in total. The summed E-state index contributed by atoms with van der Waals surface area (Å²) >= 11 is 0. The molecule has 0 saturated heterocycles. The van der Waals surface area contributed by atoms with E-state index in [1.165, 1.54) is 70.6 Å². The molecule has 0 saturated carbocycles. The molecule has 0 aromatic rings. The minimum atomic E-state index is -0.242. The highest BCUT2D eigenvalue weighted by molar-refractivity contribution is 5.69. The molecule has 1 atom stereocenters. The van der Waals surface area contributed by atoms with E-state index < -0.39 is 0 Å². The molecule has 32 heavy (non-hydrogen) atoms. The first kappa shape index (κ1) is 30.9. The van der Waals surface area contributed by atoms with Crippen molar-refractivity contribution in [3.63, 3.8) is 0 Å². The van der Waals surface area contributed by atoms with Gasteiger partial charge in [0.05, 0.1) is 52.0 Å². The topological polar surface area (TPSA) is 71.1 Å². The molecule has 0 heterocycles. The van der Waals surface area contributed by atoms with E-state index in [-0.39, 0.29) is 30.9 Å². The summed E-state index contributed by atoms with van der Waals surface area (Å²) in [6.07, 6.45) is 17.1. The summed E-state index contributed by atoms with van der Waals surface area (Å²) in [6, 6.07) is 0. The molecule has 0 aliphatic heterocycles. The molecule has 0 radical (unpaired) electrons. The Kier molecular flexibility index (Phi) is 23.6. The van der Waals surface area contributed by atoms with E-state index in [9.17, 15) is 9.59 Å². The summed E-state index contributed by atoms with van der Waals surface area (Å²) in [6.45, 7) is 7.72. The van der Waals surface area contributed by atoms with E-state index in [4.69, 9.17) is 18.9 Å². The number of esters is 2. The van der Waals surface area contributed by atoms with Crippen LogP contribution < -0.4 is 0 Å². The lowest BCUT2D eigenvalue weighted by Gasteiger charge is -2.18. The van der Waals surface area contributed by atoms with Crippen LogP contribution in [0.3, 0.4) is 0 Å². The van der Waals surface area contributed by atoms with E-state index in [0.717, 1.165) is 12.8 Å². The predicted octanol–water partition coefficient (Wildman–Crippen LogP) is 6.39. The molecule has 0 aliphatic carbocycles. The highest BCUT2D eigenvalue weighted by Crippen LogP contribution is 2.14. The van der Waals surface area contributed by atoms with Gasteiger partial charge in [-0.15, -0.1) is 0 Å². The highest BCUT2D eigenvalue weighted by Gasteiger charge is 2.12. The van der Waals surface area contributed by atoms with Crippen LogP contribution in [0, 0.1) is 0 Å². The van der Waals surface area contributed by atoms with Crippen molar-refractivity contribution in [1.29, 1.82) is 0 Å². The summed E-state index contributed by atoms with van der Waals surface area (Å²) in [5.41, 5.74) is 0. The fourth-order valence-electron chi connectivity index (χ4n) is 3.57. The number of ether oxygens (including phenoxy) is 4. The van der Waals surface area contributed by atoms with Gasteiger partial charge in [0, 0.05) is 0 Å². The first-order valence-corrected chi connectivity index (χ1v) is 13.1. The highest BCUT2D eigenvalue weighted by atomic mass is 16.6. The largest absolute Gasteiger partial charge is 0.466 e. The standard InChI is InChI=1S/C26H50O6/c1-4-7-8-9-10-11-12-13-14-15-16-17-18-24(32-22-20-26(28)31-6-3)23-29-21-19-25(27)30-5-2/h24H,4-23H2,1-3H3. The fourth-order valence-corrected chi connectivity index (χ4v) is 3.57. The zero-order valence-corrected chi connectivity index (χ0v) is 21.2. The minimum absolute atomic E-state index is 0.0604. The Hall–Kier alpha value is -1.14. The van der Waals surface area contributed by atoms with Gasteiger partial charge in [-0.25, -0.2) is 0 Å². The lowest BCUT2D eigenvalue weighted by Crippen LogP contribution is -2.23. The van der Waals surface area contributed by atoms with Crippen molar-refractivity contribution < 1.29 is 28.5 Å². The lowest BCUT2D eigenvalue weighted by molar-refractivity contribution is -0.147. The normalized spacial score (nSPS) is 12.0. The predicted molar refractivity (Wildman–Crippen MR) is 129 cm³/mol. The van der Waals surface area contributed by atoms with Crippen molar-refractivity contribution in [3.8, 4) is 0 Å². The van der Waals surface area contributed by atoms with E-state index >= 15 is 0 Å². The first-order chi connectivity index (χ1) is 15.6. The summed E-state index contributed by atoms with van der Waals surface area (Å²) in [4.78, 5) is 22.9. The van der Waals surface area contributed by atoms with Crippen LogP contribution in [0.1, 0.15) is 117 Å². The minimum Gasteiger partial charge on any atom is -0.466 e. The maximum atomic E-state index is 11.5. The molecule has 6 heteroatoms. The van der Waals surface area contributed by atoms with Crippen molar-refractivity contribution in [2.75, 3.05) is 33.0 Å². The molecule has 0 bridgehead atoms. The molecule has 0 aromatic carbocycles. The van der Waals surface area contributed by atoms with Crippen molar-refractivity contribution in [2.24, 2.45) is 0 Å². The van der Waals surface area contributed by atoms with Gasteiger partial charge in [-0.3, -0.25) is 9.59 Å². The Morgan fingerprint density at radius 3 is 1.59 bits per heavy atom. The summed E-state index contributed by atoms with van der Waals surface area (Å²) in [5, 5.41) is 0. The lowest BCUT2D eigenvalue weighted by atomic mass is 10.0.